The van der Waals surface area contributed by atoms with Gasteiger partial charge in [0, 0.05) is 30.5 Å². The average Bonchev–Trinajstić information content (AvgIpc) is 2.87. The SMILES string of the molecule is CCCN1C(=O)/C(=C/C=C2/C=CN(CC)c3ccccc32)SC1=S. The van der Waals surface area contributed by atoms with Gasteiger partial charge in [-0.25, -0.2) is 0 Å². The molecule has 0 N–H and O–H groups in total. The van der Waals surface area contributed by atoms with Crippen LogP contribution in [-0.4, -0.2) is 28.2 Å². The summed E-state index contributed by atoms with van der Waals surface area (Å²) in [5.41, 5.74) is 3.49. The Hall–Kier alpha value is -1.85. The standard InChI is InChI=1S/C19H20N2OS2/c1-3-12-21-18(22)17(24-19(21)23)10-9-14-11-13-20(4-2)16-8-6-5-7-15(14)16/h5-11,13H,3-4,12H2,1-2H3/b14-9-,17-10-. The second-order valence-corrected chi connectivity index (χ2v) is 7.27. The third kappa shape index (κ3) is 3.19. The van der Waals surface area contributed by atoms with Crippen LogP contribution < -0.4 is 4.90 Å². The molecule has 1 aromatic carbocycles. The summed E-state index contributed by atoms with van der Waals surface area (Å²) in [4.78, 5) is 17.0. The Morgan fingerprint density at radius 2 is 2.00 bits per heavy atom. The molecule has 3 nitrogen and oxygen atoms in total. The summed E-state index contributed by atoms with van der Waals surface area (Å²) >= 11 is 6.70. The van der Waals surface area contributed by atoms with E-state index in [1.54, 1.807) is 4.90 Å². The number of nitrogens with zero attached hydrogens (tertiary/aromatic N) is 2. The molecule has 1 fully saturated rings. The maximum absolute atomic E-state index is 12.4. The Morgan fingerprint density at radius 3 is 2.75 bits per heavy atom. The molecule has 24 heavy (non-hydrogen) atoms. The van der Waals surface area contributed by atoms with Gasteiger partial charge in [-0.3, -0.25) is 9.69 Å². The zero-order valence-electron chi connectivity index (χ0n) is 13.9. The Labute approximate surface area is 152 Å². The number of allylic oxidation sites excluding steroid dienone is 4. The number of carbonyl (C=O) groups is 1. The van der Waals surface area contributed by atoms with Crippen molar-refractivity contribution < 1.29 is 4.79 Å². The van der Waals surface area contributed by atoms with E-state index in [9.17, 15) is 4.79 Å². The van der Waals surface area contributed by atoms with Gasteiger partial charge in [0.25, 0.3) is 5.91 Å². The van der Waals surface area contributed by atoms with Crippen LogP contribution in [0.3, 0.4) is 0 Å². The van der Waals surface area contributed by atoms with Crippen LogP contribution in [0.15, 0.2) is 53.6 Å². The van der Waals surface area contributed by atoms with E-state index < -0.39 is 0 Å². The molecule has 1 amide bonds. The summed E-state index contributed by atoms with van der Waals surface area (Å²) < 4.78 is 0.656. The van der Waals surface area contributed by atoms with Gasteiger partial charge in [0.1, 0.15) is 4.32 Å². The lowest BCUT2D eigenvalue weighted by Crippen LogP contribution is -2.28. The van der Waals surface area contributed by atoms with Crippen LogP contribution >= 0.6 is 24.0 Å². The van der Waals surface area contributed by atoms with Gasteiger partial charge in [-0.2, -0.15) is 0 Å². The normalized spacial score (nSPS) is 20.4. The molecule has 0 unspecified atom stereocenters. The first-order valence-corrected chi connectivity index (χ1v) is 9.38. The number of benzene rings is 1. The van der Waals surface area contributed by atoms with Crippen molar-refractivity contribution >= 4 is 45.5 Å². The van der Waals surface area contributed by atoms with Crippen LogP contribution in [0.1, 0.15) is 25.8 Å². The van der Waals surface area contributed by atoms with Crippen molar-refractivity contribution in [2.75, 3.05) is 18.0 Å². The fourth-order valence-corrected chi connectivity index (χ4v) is 4.08. The van der Waals surface area contributed by atoms with E-state index in [-0.39, 0.29) is 5.91 Å². The van der Waals surface area contributed by atoms with Crippen molar-refractivity contribution in [3.63, 3.8) is 0 Å². The lowest BCUT2D eigenvalue weighted by atomic mass is 9.99. The largest absolute Gasteiger partial charge is 0.348 e. The van der Waals surface area contributed by atoms with Crippen molar-refractivity contribution in [2.45, 2.75) is 20.3 Å². The Morgan fingerprint density at radius 1 is 1.21 bits per heavy atom. The number of thiocarbonyl (C=S) groups is 1. The molecule has 2 heterocycles. The minimum atomic E-state index is 0.0203. The number of para-hydroxylation sites is 1. The maximum Gasteiger partial charge on any atom is 0.266 e. The van der Waals surface area contributed by atoms with Crippen molar-refractivity contribution in [1.82, 2.24) is 4.90 Å². The predicted octanol–water partition coefficient (Wildman–Crippen LogP) is 4.58. The average molecular weight is 357 g/mol. The Kier molecular flexibility index (Phi) is 5.21. The van der Waals surface area contributed by atoms with Gasteiger partial charge >= 0.3 is 0 Å². The van der Waals surface area contributed by atoms with E-state index in [1.807, 2.05) is 31.2 Å². The third-order valence-electron chi connectivity index (χ3n) is 4.03. The van der Waals surface area contributed by atoms with Gasteiger partial charge in [0.15, 0.2) is 0 Å². The van der Waals surface area contributed by atoms with Gasteiger partial charge in [-0.05, 0) is 37.1 Å². The third-order valence-corrected chi connectivity index (χ3v) is 5.43. The second-order valence-electron chi connectivity index (χ2n) is 5.60. The topological polar surface area (TPSA) is 23.6 Å². The van der Waals surface area contributed by atoms with Crippen molar-refractivity contribution in [3.8, 4) is 0 Å². The van der Waals surface area contributed by atoms with Crippen molar-refractivity contribution in [1.29, 1.82) is 0 Å². The first kappa shape index (κ1) is 17.0. The van der Waals surface area contributed by atoms with Gasteiger partial charge in [0.05, 0.1) is 4.91 Å². The molecule has 2 aliphatic heterocycles. The smallest absolute Gasteiger partial charge is 0.266 e. The number of fused-ring (bicyclic) bond motifs is 1. The van der Waals surface area contributed by atoms with E-state index in [0.29, 0.717) is 15.8 Å². The molecule has 0 aromatic heterocycles. The molecule has 5 heteroatoms. The quantitative estimate of drug-likeness (QED) is 0.582. The molecule has 2 aliphatic rings. The van der Waals surface area contributed by atoms with E-state index in [2.05, 4.69) is 36.2 Å². The highest BCUT2D eigenvalue weighted by Gasteiger charge is 2.30. The first-order valence-electron chi connectivity index (χ1n) is 8.15. The highest BCUT2D eigenvalue weighted by molar-refractivity contribution is 8.26. The minimum absolute atomic E-state index is 0.0203. The predicted molar refractivity (Wildman–Crippen MR) is 107 cm³/mol. The van der Waals surface area contributed by atoms with Crippen LogP contribution in [-0.2, 0) is 4.79 Å². The first-order chi connectivity index (χ1) is 11.7. The number of anilines is 1. The lowest BCUT2D eigenvalue weighted by molar-refractivity contribution is -0.122. The van der Waals surface area contributed by atoms with E-state index in [1.165, 1.54) is 23.0 Å². The summed E-state index contributed by atoms with van der Waals surface area (Å²) in [6.45, 7) is 5.80. The number of hydrogen-bond acceptors (Lipinski definition) is 4. The molecule has 0 saturated carbocycles. The maximum atomic E-state index is 12.4. The molecule has 124 valence electrons. The zero-order chi connectivity index (χ0) is 17.1. The van der Waals surface area contributed by atoms with E-state index in [4.69, 9.17) is 12.2 Å². The summed E-state index contributed by atoms with van der Waals surface area (Å²) in [6, 6.07) is 8.33. The fourth-order valence-electron chi connectivity index (χ4n) is 2.83. The monoisotopic (exact) mass is 356 g/mol. The fraction of sp³-hybridized carbons (Fsp3) is 0.263. The molecule has 3 rings (SSSR count). The van der Waals surface area contributed by atoms with Crippen LogP contribution in [0.4, 0.5) is 5.69 Å². The zero-order valence-corrected chi connectivity index (χ0v) is 15.5. The van der Waals surface area contributed by atoms with Crippen LogP contribution in [0.5, 0.6) is 0 Å². The van der Waals surface area contributed by atoms with Gasteiger partial charge in [-0.15, -0.1) is 0 Å². The van der Waals surface area contributed by atoms with Crippen LogP contribution in [0.25, 0.3) is 5.57 Å². The summed E-state index contributed by atoms with van der Waals surface area (Å²) in [7, 11) is 0. The Balaban J connectivity index is 1.90. The van der Waals surface area contributed by atoms with E-state index >= 15 is 0 Å². The summed E-state index contributed by atoms with van der Waals surface area (Å²) in [6.07, 6.45) is 9.00. The second kappa shape index (κ2) is 7.36. The summed E-state index contributed by atoms with van der Waals surface area (Å²) in [5.74, 6) is 0.0203. The highest BCUT2D eigenvalue weighted by atomic mass is 32.2. The molecule has 0 spiro atoms. The van der Waals surface area contributed by atoms with Crippen molar-refractivity contribution in [3.05, 3.63) is 59.2 Å². The molecule has 0 atom stereocenters. The Bertz CT molecular complexity index is 764. The minimum Gasteiger partial charge on any atom is -0.348 e. The molecule has 1 saturated heterocycles. The van der Waals surface area contributed by atoms with Gasteiger partial charge in [0.2, 0.25) is 0 Å². The number of rotatable bonds is 4. The molecule has 1 aromatic rings. The number of carbonyl (C=O) groups excluding carboxylic acids is 1. The number of hydrogen-bond donors (Lipinski definition) is 0. The molecule has 0 aliphatic carbocycles. The molecule has 0 radical (unpaired) electrons. The molecular weight excluding hydrogens is 336 g/mol. The number of thioether (sulfide) groups is 1. The van der Waals surface area contributed by atoms with Crippen LogP contribution in [0, 0.1) is 0 Å². The van der Waals surface area contributed by atoms with Crippen LogP contribution in [0.2, 0.25) is 0 Å². The summed E-state index contributed by atoms with van der Waals surface area (Å²) in [5, 5.41) is 0. The highest BCUT2D eigenvalue weighted by Crippen LogP contribution is 2.34. The molecular formula is C19H20N2OS2. The number of amides is 1. The van der Waals surface area contributed by atoms with E-state index in [0.717, 1.165) is 18.5 Å². The van der Waals surface area contributed by atoms with Crippen molar-refractivity contribution in [2.24, 2.45) is 0 Å². The molecule has 0 bridgehead atoms. The lowest BCUT2D eigenvalue weighted by Gasteiger charge is -2.26. The van der Waals surface area contributed by atoms with Gasteiger partial charge < -0.3 is 4.90 Å². The van der Waals surface area contributed by atoms with Gasteiger partial charge in [-0.1, -0.05) is 55.2 Å².